The fourth-order valence-electron chi connectivity index (χ4n) is 7.37. The largest absolute Gasteiger partial charge is 0.135 e. The Morgan fingerprint density at radius 2 is 1.51 bits per heavy atom. The van der Waals surface area contributed by atoms with Gasteiger partial charge < -0.3 is 0 Å². The van der Waals surface area contributed by atoms with E-state index in [1.807, 2.05) is 11.3 Å². The Labute approximate surface area is 235 Å². The zero-order chi connectivity index (χ0) is 25.8. The van der Waals surface area contributed by atoms with Crippen LogP contribution in [0, 0.1) is 11.8 Å². The predicted octanol–water partition coefficient (Wildman–Crippen LogP) is 10.9. The second-order valence-electron chi connectivity index (χ2n) is 11.3. The number of hydrogen-bond acceptors (Lipinski definition) is 1. The minimum Gasteiger partial charge on any atom is -0.135 e. The minimum atomic E-state index is 0.333. The average molecular weight is 521 g/mol. The van der Waals surface area contributed by atoms with Gasteiger partial charge in [-0.05, 0) is 95.2 Å². The lowest BCUT2D eigenvalue weighted by Gasteiger charge is -2.39. The van der Waals surface area contributed by atoms with Crippen LogP contribution in [0.4, 0.5) is 0 Å². The van der Waals surface area contributed by atoms with Crippen molar-refractivity contribution in [2.45, 2.75) is 38.5 Å². The molecule has 4 aromatic rings. The highest BCUT2D eigenvalue weighted by atomic mass is 32.1. The molecule has 4 aliphatic rings. The van der Waals surface area contributed by atoms with E-state index < -0.39 is 0 Å². The monoisotopic (exact) mass is 520 g/mol. The van der Waals surface area contributed by atoms with Crippen LogP contribution in [0.15, 0.2) is 120 Å². The maximum atomic E-state index is 2.50. The standard InChI is InChI=1S/C38H32S/c1-2-12-25(13-3-1)26-14-10-15-27(24-26)36-29-17-4-6-19-31(29)37(32-20-7-5-18-30(32)36)34-22-11-21-33-28-16-8-9-23-35(28)39-38(33)34/h4,6-12,14-17,19-24,29,31H,1-3,5,13,18H2. The van der Waals surface area contributed by atoms with Crippen LogP contribution in [-0.4, -0.2) is 0 Å². The molecule has 0 fully saturated rings. The van der Waals surface area contributed by atoms with Gasteiger partial charge in [0.15, 0.2) is 0 Å². The van der Waals surface area contributed by atoms with Crippen LogP contribution in [0.2, 0.25) is 0 Å². The SMILES string of the molecule is C1=CC2C(c3cccc(C4=CCCCC4)c3)=C3CCC=CC3=C(c3cccc4c3sc3ccccc34)C2C=C1. The van der Waals surface area contributed by atoms with E-state index in [1.165, 1.54) is 79.3 Å². The lowest BCUT2D eigenvalue weighted by atomic mass is 9.65. The van der Waals surface area contributed by atoms with Gasteiger partial charge in [0.2, 0.25) is 0 Å². The lowest BCUT2D eigenvalue weighted by Crippen LogP contribution is -2.24. The third-order valence-electron chi connectivity index (χ3n) is 9.12. The van der Waals surface area contributed by atoms with Crippen LogP contribution < -0.4 is 0 Å². The van der Waals surface area contributed by atoms with E-state index in [0.717, 1.165) is 12.8 Å². The van der Waals surface area contributed by atoms with Crippen molar-refractivity contribution in [3.63, 3.8) is 0 Å². The van der Waals surface area contributed by atoms with Gasteiger partial charge in [0.05, 0.1) is 0 Å². The highest BCUT2D eigenvalue weighted by Gasteiger charge is 2.37. The number of allylic oxidation sites excluding steroid dienone is 12. The number of thiophene rings is 1. The van der Waals surface area contributed by atoms with Crippen LogP contribution in [0.1, 0.15) is 55.2 Å². The Kier molecular flexibility index (Phi) is 5.66. The van der Waals surface area contributed by atoms with Gasteiger partial charge in [0, 0.05) is 32.0 Å². The Bertz CT molecular complexity index is 1810. The molecule has 190 valence electrons. The van der Waals surface area contributed by atoms with Crippen molar-refractivity contribution in [1.82, 2.24) is 0 Å². The molecule has 0 saturated carbocycles. The molecule has 0 nitrogen and oxygen atoms in total. The zero-order valence-electron chi connectivity index (χ0n) is 22.2. The summed E-state index contributed by atoms with van der Waals surface area (Å²) in [6.45, 7) is 0. The third kappa shape index (κ3) is 3.79. The molecular weight excluding hydrogens is 488 g/mol. The normalized spacial score (nSPS) is 22.4. The van der Waals surface area contributed by atoms with Crippen molar-refractivity contribution in [3.05, 3.63) is 137 Å². The molecule has 1 heteroatoms. The Balaban J connectivity index is 1.38. The van der Waals surface area contributed by atoms with Crippen molar-refractivity contribution in [2.24, 2.45) is 11.8 Å². The molecular formula is C38H32S. The summed E-state index contributed by atoms with van der Waals surface area (Å²) in [5.74, 6) is 0.690. The molecule has 2 atom stereocenters. The van der Waals surface area contributed by atoms with E-state index in [9.17, 15) is 0 Å². The first-order valence-corrected chi connectivity index (χ1v) is 15.4. The van der Waals surface area contributed by atoms with Crippen LogP contribution in [0.25, 0.3) is 36.9 Å². The second kappa shape index (κ2) is 9.50. The fraction of sp³-hybridized carbons (Fsp3) is 0.211. The van der Waals surface area contributed by atoms with Gasteiger partial charge in [0.25, 0.3) is 0 Å². The summed E-state index contributed by atoms with van der Waals surface area (Å²) in [6, 6.07) is 25.3. The van der Waals surface area contributed by atoms with Gasteiger partial charge in [-0.2, -0.15) is 0 Å². The van der Waals surface area contributed by atoms with Crippen LogP contribution in [0.5, 0.6) is 0 Å². The molecule has 0 spiro atoms. The summed E-state index contributed by atoms with van der Waals surface area (Å²) in [4.78, 5) is 0. The van der Waals surface area contributed by atoms with Crippen molar-refractivity contribution >= 4 is 48.2 Å². The molecule has 0 bridgehead atoms. The highest BCUT2D eigenvalue weighted by molar-refractivity contribution is 7.26. The van der Waals surface area contributed by atoms with Crippen molar-refractivity contribution in [1.29, 1.82) is 0 Å². The van der Waals surface area contributed by atoms with E-state index in [4.69, 9.17) is 0 Å². The fourth-order valence-corrected chi connectivity index (χ4v) is 8.60. The predicted molar refractivity (Wildman–Crippen MR) is 170 cm³/mol. The van der Waals surface area contributed by atoms with Crippen molar-refractivity contribution < 1.29 is 0 Å². The number of benzene rings is 3. The maximum Gasteiger partial charge on any atom is 0.0431 e. The maximum absolute atomic E-state index is 2.50. The van der Waals surface area contributed by atoms with E-state index >= 15 is 0 Å². The van der Waals surface area contributed by atoms with Gasteiger partial charge in [-0.25, -0.2) is 0 Å². The first-order chi connectivity index (χ1) is 19.4. The van der Waals surface area contributed by atoms with E-state index in [-0.39, 0.29) is 0 Å². The highest BCUT2D eigenvalue weighted by Crippen LogP contribution is 2.54. The first kappa shape index (κ1) is 23.2. The van der Waals surface area contributed by atoms with E-state index in [0.29, 0.717) is 11.8 Å². The van der Waals surface area contributed by atoms with E-state index in [1.54, 1.807) is 11.1 Å². The molecule has 0 aliphatic heterocycles. The minimum absolute atomic E-state index is 0.333. The topological polar surface area (TPSA) is 0 Å². The van der Waals surface area contributed by atoms with Crippen LogP contribution in [-0.2, 0) is 0 Å². The van der Waals surface area contributed by atoms with E-state index in [2.05, 4.69) is 109 Å². The Morgan fingerprint density at radius 1 is 0.692 bits per heavy atom. The quantitative estimate of drug-likeness (QED) is 0.252. The smallest absolute Gasteiger partial charge is 0.0431 e. The second-order valence-corrected chi connectivity index (χ2v) is 12.4. The molecule has 8 rings (SSSR count). The number of fused-ring (bicyclic) bond motifs is 5. The molecule has 0 saturated heterocycles. The van der Waals surface area contributed by atoms with Gasteiger partial charge in [0.1, 0.15) is 0 Å². The molecule has 2 unspecified atom stereocenters. The average Bonchev–Trinajstić information content (AvgIpc) is 3.39. The Morgan fingerprint density at radius 3 is 2.41 bits per heavy atom. The van der Waals surface area contributed by atoms with Gasteiger partial charge >= 0.3 is 0 Å². The summed E-state index contributed by atoms with van der Waals surface area (Å²) in [5.41, 5.74) is 11.9. The molecule has 39 heavy (non-hydrogen) atoms. The molecule has 0 N–H and O–H groups in total. The lowest BCUT2D eigenvalue weighted by molar-refractivity contribution is 0.680. The summed E-state index contributed by atoms with van der Waals surface area (Å²) in [6.07, 6.45) is 24.1. The molecule has 4 aliphatic carbocycles. The van der Waals surface area contributed by atoms with Crippen molar-refractivity contribution in [2.75, 3.05) is 0 Å². The van der Waals surface area contributed by atoms with Gasteiger partial charge in [-0.15, -0.1) is 11.3 Å². The van der Waals surface area contributed by atoms with Gasteiger partial charge in [-0.3, -0.25) is 0 Å². The third-order valence-corrected chi connectivity index (χ3v) is 10.3. The summed E-state index contributed by atoms with van der Waals surface area (Å²) < 4.78 is 2.80. The van der Waals surface area contributed by atoms with Crippen LogP contribution >= 0.6 is 11.3 Å². The van der Waals surface area contributed by atoms with Gasteiger partial charge in [-0.1, -0.05) is 97.1 Å². The molecule has 0 amide bonds. The summed E-state index contributed by atoms with van der Waals surface area (Å²) in [5, 5.41) is 2.76. The molecule has 0 radical (unpaired) electrons. The summed E-state index contributed by atoms with van der Waals surface area (Å²) >= 11 is 1.95. The number of hydrogen-bond donors (Lipinski definition) is 0. The number of rotatable bonds is 3. The first-order valence-electron chi connectivity index (χ1n) is 14.6. The van der Waals surface area contributed by atoms with Crippen molar-refractivity contribution in [3.8, 4) is 0 Å². The summed E-state index contributed by atoms with van der Waals surface area (Å²) in [7, 11) is 0. The molecule has 3 aromatic carbocycles. The molecule has 1 heterocycles. The van der Waals surface area contributed by atoms with Crippen LogP contribution in [0.3, 0.4) is 0 Å². The molecule has 1 aromatic heterocycles. The Hall–Kier alpha value is -3.68. The zero-order valence-corrected chi connectivity index (χ0v) is 23.0.